The lowest BCUT2D eigenvalue weighted by atomic mass is 9.94. The second kappa shape index (κ2) is 8.16. The predicted molar refractivity (Wildman–Crippen MR) is 129 cm³/mol. The van der Waals surface area contributed by atoms with Crippen LogP contribution in [0.4, 0.5) is 10.1 Å². The van der Waals surface area contributed by atoms with Crippen molar-refractivity contribution in [3.63, 3.8) is 0 Å². The molecule has 0 saturated carbocycles. The Morgan fingerprint density at radius 1 is 1.14 bits per heavy atom. The summed E-state index contributed by atoms with van der Waals surface area (Å²) in [6, 6.07) is 5.52. The summed E-state index contributed by atoms with van der Waals surface area (Å²) in [7, 11) is 0. The molecule has 10 heteroatoms. The number of alkyl halides is 1. The normalized spacial score (nSPS) is 17.6. The van der Waals surface area contributed by atoms with Gasteiger partial charge in [0.15, 0.2) is 11.2 Å². The highest BCUT2D eigenvalue weighted by Gasteiger charge is 2.45. The lowest BCUT2D eigenvalue weighted by molar-refractivity contribution is -0.143. The maximum absolute atomic E-state index is 14.2. The van der Waals surface area contributed by atoms with Crippen molar-refractivity contribution in [3.8, 4) is 22.6 Å². The Hall–Kier alpha value is -3.79. The third-order valence-corrected chi connectivity index (χ3v) is 6.08. The molecular formula is C25H26FN7O2. The molecule has 0 radical (unpaired) electrons. The summed E-state index contributed by atoms with van der Waals surface area (Å²) in [6.45, 7) is 8.75. The van der Waals surface area contributed by atoms with E-state index < -0.39 is 11.3 Å². The van der Waals surface area contributed by atoms with Crippen LogP contribution in [0.25, 0.3) is 33.8 Å². The van der Waals surface area contributed by atoms with Gasteiger partial charge in [0.25, 0.3) is 5.91 Å². The molecule has 3 aromatic heterocycles. The molecule has 4 aromatic rings. The summed E-state index contributed by atoms with van der Waals surface area (Å²) in [6.07, 6.45) is 4.98. The van der Waals surface area contributed by atoms with Crippen LogP contribution in [-0.4, -0.2) is 47.7 Å². The summed E-state index contributed by atoms with van der Waals surface area (Å²) >= 11 is 0. The zero-order valence-corrected chi connectivity index (χ0v) is 20.3. The number of benzene rings is 1. The fraction of sp³-hybridized carbons (Fsp3) is 0.360. The maximum atomic E-state index is 14.2. The first kappa shape index (κ1) is 23.0. The molecule has 35 heavy (non-hydrogen) atoms. The van der Waals surface area contributed by atoms with E-state index in [9.17, 15) is 9.18 Å². The summed E-state index contributed by atoms with van der Waals surface area (Å²) in [5.41, 5.74) is 1.79. The Bertz CT molecular complexity index is 1440. The van der Waals surface area contributed by atoms with E-state index in [4.69, 9.17) is 9.72 Å². The first-order valence-electron chi connectivity index (χ1n) is 11.4. The number of aromatic nitrogens is 6. The summed E-state index contributed by atoms with van der Waals surface area (Å²) in [5.74, 6) is 1.04. The van der Waals surface area contributed by atoms with Gasteiger partial charge in [-0.25, -0.2) is 29.3 Å². The molecule has 5 rings (SSSR count). The number of carbonyl (C=O) groups excluding carboxylic acids is 1. The number of halogens is 1. The van der Waals surface area contributed by atoms with Crippen LogP contribution in [0.15, 0.2) is 36.9 Å². The summed E-state index contributed by atoms with van der Waals surface area (Å²) in [5, 5.41) is 2.84. The second-order valence-electron chi connectivity index (χ2n) is 9.35. The molecule has 0 fully saturated rings. The van der Waals surface area contributed by atoms with E-state index >= 15 is 0 Å². The van der Waals surface area contributed by atoms with E-state index in [1.54, 1.807) is 25.4 Å². The van der Waals surface area contributed by atoms with Crippen molar-refractivity contribution < 1.29 is 13.9 Å². The first-order chi connectivity index (χ1) is 16.6. The van der Waals surface area contributed by atoms with E-state index in [-0.39, 0.29) is 12.5 Å². The molecule has 9 nitrogen and oxygen atoms in total. The molecular weight excluding hydrogens is 449 g/mol. The minimum Gasteiger partial charge on any atom is -0.357 e. The Morgan fingerprint density at radius 3 is 2.57 bits per heavy atom. The van der Waals surface area contributed by atoms with Crippen molar-refractivity contribution in [2.75, 3.05) is 11.9 Å². The van der Waals surface area contributed by atoms with E-state index in [0.717, 1.165) is 11.1 Å². The molecule has 0 bridgehead atoms. The highest BCUT2D eigenvalue weighted by atomic mass is 19.1. The second-order valence-corrected chi connectivity index (χ2v) is 9.35. The number of imidazole rings is 1. The number of anilines is 1. The number of nitrogens with zero attached hydrogens (tertiary/aromatic N) is 6. The van der Waals surface area contributed by atoms with Crippen molar-refractivity contribution in [3.05, 3.63) is 48.3 Å². The van der Waals surface area contributed by atoms with Gasteiger partial charge in [0, 0.05) is 35.8 Å². The smallest absolute Gasteiger partial charge is 0.261 e. The molecule has 1 aromatic carbocycles. The number of fused-ring (bicyclic) bond motifs is 2. The molecule has 1 aliphatic rings. The minimum atomic E-state index is -1.58. The van der Waals surface area contributed by atoms with Crippen LogP contribution in [0.3, 0.4) is 0 Å². The van der Waals surface area contributed by atoms with Crippen LogP contribution < -0.4 is 5.32 Å². The van der Waals surface area contributed by atoms with Gasteiger partial charge in [-0.15, -0.1) is 0 Å². The molecule has 0 aliphatic carbocycles. The van der Waals surface area contributed by atoms with Gasteiger partial charge >= 0.3 is 0 Å². The van der Waals surface area contributed by atoms with E-state index in [0.29, 0.717) is 46.3 Å². The van der Waals surface area contributed by atoms with E-state index in [2.05, 4.69) is 25.3 Å². The number of nitrogens with one attached hydrogen (secondary N) is 1. The van der Waals surface area contributed by atoms with Gasteiger partial charge < -0.3 is 14.6 Å². The topological polar surface area (TPSA) is 108 Å². The highest BCUT2D eigenvalue weighted by Crippen LogP contribution is 2.42. The summed E-state index contributed by atoms with van der Waals surface area (Å²) in [4.78, 5) is 35.3. The standard InChI is InChI=1S/C25H26FN7O2/c1-6-33-21(16-10-27-14(2)28-11-16)32-20-19(29-13-30-22(20)33)15-7-8-18-17(9-15)25(5,23(34)31-18)35-12-24(3,4)26/h7-11,13H,6,12H2,1-5H3,(H,31,34)/t25-/m0/s1. The lowest BCUT2D eigenvalue weighted by Crippen LogP contribution is -2.38. The zero-order valence-electron chi connectivity index (χ0n) is 20.3. The van der Waals surface area contributed by atoms with Crippen molar-refractivity contribution in [1.29, 1.82) is 0 Å². The van der Waals surface area contributed by atoms with Crippen LogP contribution in [0, 0.1) is 6.92 Å². The van der Waals surface area contributed by atoms with Crippen LogP contribution >= 0.6 is 0 Å². The molecule has 4 heterocycles. The maximum Gasteiger partial charge on any atom is 0.261 e. The Labute approximate surface area is 201 Å². The average Bonchev–Trinajstić information content (AvgIpc) is 3.32. The summed E-state index contributed by atoms with van der Waals surface area (Å²) < 4.78 is 22.0. The average molecular weight is 476 g/mol. The fourth-order valence-corrected chi connectivity index (χ4v) is 4.19. The number of carbonyl (C=O) groups is 1. The van der Waals surface area contributed by atoms with Gasteiger partial charge in [0.1, 0.15) is 34.9 Å². The molecule has 180 valence electrons. The third kappa shape index (κ3) is 3.93. The Kier molecular flexibility index (Phi) is 5.36. The minimum absolute atomic E-state index is 0.221. The highest BCUT2D eigenvalue weighted by molar-refractivity contribution is 6.05. The van der Waals surface area contributed by atoms with Gasteiger partial charge in [-0.1, -0.05) is 6.07 Å². The number of hydrogen-bond donors (Lipinski definition) is 1. The van der Waals surface area contributed by atoms with Crippen LogP contribution in [0.1, 0.15) is 39.1 Å². The fourth-order valence-electron chi connectivity index (χ4n) is 4.19. The monoisotopic (exact) mass is 475 g/mol. The molecule has 1 N–H and O–H groups in total. The first-order valence-corrected chi connectivity index (χ1v) is 11.4. The molecule has 0 unspecified atom stereocenters. The van der Waals surface area contributed by atoms with E-state index in [1.807, 2.05) is 30.5 Å². The number of rotatable bonds is 6. The quantitative estimate of drug-likeness (QED) is 0.445. The molecule has 1 amide bonds. The van der Waals surface area contributed by atoms with Crippen molar-refractivity contribution in [1.82, 2.24) is 29.5 Å². The van der Waals surface area contributed by atoms with Crippen molar-refractivity contribution in [2.45, 2.75) is 52.4 Å². The molecule has 0 spiro atoms. The molecule has 1 aliphatic heterocycles. The van der Waals surface area contributed by atoms with Crippen molar-refractivity contribution in [2.24, 2.45) is 0 Å². The largest absolute Gasteiger partial charge is 0.357 e. The van der Waals surface area contributed by atoms with Gasteiger partial charge in [-0.05, 0) is 46.8 Å². The van der Waals surface area contributed by atoms with Gasteiger partial charge in [-0.2, -0.15) is 0 Å². The number of aryl methyl sites for hydroxylation is 2. The predicted octanol–water partition coefficient (Wildman–Crippen LogP) is 4.21. The Morgan fingerprint density at radius 2 is 1.89 bits per heavy atom. The molecule has 1 atom stereocenters. The van der Waals surface area contributed by atoms with Crippen molar-refractivity contribution >= 4 is 22.8 Å². The lowest BCUT2D eigenvalue weighted by Gasteiger charge is -2.26. The number of hydrogen-bond acceptors (Lipinski definition) is 7. The zero-order chi connectivity index (χ0) is 25.0. The number of ether oxygens (including phenoxy) is 1. The molecule has 0 saturated heterocycles. The van der Waals surface area contributed by atoms with Crippen LogP contribution in [0.2, 0.25) is 0 Å². The third-order valence-electron chi connectivity index (χ3n) is 6.08. The SMILES string of the molecule is CCn1c(-c2cnc(C)nc2)nc2c(-c3ccc4c(c3)[C@](C)(OCC(C)(C)F)C(=O)N4)ncnc21. The van der Waals surface area contributed by atoms with Crippen LogP contribution in [-0.2, 0) is 21.7 Å². The van der Waals surface area contributed by atoms with E-state index in [1.165, 1.54) is 20.2 Å². The Balaban J connectivity index is 1.63. The van der Waals surface area contributed by atoms with Gasteiger partial charge in [0.05, 0.1) is 12.2 Å². The number of amides is 1. The van der Waals surface area contributed by atoms with Gasteiger partial charge in [-0.3, -0.25) is 4.79 Å². The van der Waals surface area contributed by atoms with Crippen LogP contribution in [0.5, 0.6) is 0 Å². The van der Waals surface area contributed by atoms with Gasteiger partial charge in [0.2, 0.25) is 0 Å².